The Morgan fingerprint density at radius 1 is 0.861 bits per heavy atom. The number of phenolic OH excluding ortho intramolecular Hbond substituents is 1. The molecule has 1 fully saturated rings. The molecule has 0 saturated carbocycles. The van der Waals surface area contributed by atoms with Gasteiger partial charge in [-0.1, -0.05) is 0 Å². The second-order valence-corrected chi connectivity index (χ2v) is 8.50. The fraction of sp³-hybridized carbons (Fsp3) is 0.500. The van der Waals surface area contributed by atoms with Gasteiger partial charge in [0.1, 0.15) is 41.7 Å². The largest absolute Gasteiger partial charge is 0.508 e. The summed E-state index contributed by atoms with van der Waals surface area (Å²) in [5, 5.41) is 60.8. The molecule has 2 heterocycles. The highest BCUT2D eigenvalue weighted by atomic mass is 16.7. The quantitative estimate of drug-likeness (QED) is 0.285. The van der Waals surface area contributed by atoms with Crippen LogP contribution in [0, 0.1) is 0 Å². The summed E-state index contributed by atoms with van der Waals surface area (Å²) in [6, 6.07) is 5.95. The number of aliphatic hydroxyl groups is 5. The fourth-order valence-corrected chi connectivity index (χ4v) is 4.38. The Bertz CT molecular complexity index is 1050. The molecule has 2 aliphatic heterocycles. The lowest BCUT2D eigenvalue weighted by Crippen LogP contribution is -2.60. The van der Waals surface area contributed by atoms with Gasteiger partial charge in [-0.2, -0.15) is 0 Å². The molecule has 6 N–H and O–H groups in total. The molecule has 7 atom stereocenters. The number of aliphatic hydroxyl groups excluding tert-OH is 5. The van der Waals surface area contributed by atoms with Crippen LogP contribution in [0.25, 0.3) is 0 Å². The third-order valence-corrected chi connectivity index (χ3v) is 6.28. The highest BCUT2D eigenvalue weighted by molar-refractivity contribution is 5.56. The topological polar surface area (TPSA) is 177 Å². The van der Waals surface area contributed by atoms with Crippen LogP contribution in [-0.4, -0.2) is 95.4 Å². The standard InChI is InChI=1S/C24H30O12/c1-31-14-6-11(26)7-15-12(14)8-13(27)22(34-15)10-4-16(32-2)23(17(5-10)33-3)36-24-21(30)20(29)19(28)18(9-25)35-24/h4-7,13,18-22,24-30H,8-9H2,1-3H3/t13-,18+,19-,20+,21+,22+,24+/m0/s1. The van der Waals surface area contributed by atoms with Gasteiger partial charge < -0.3 is 59.1 Å². The molecule has 0 radical (unpaired) electrons. The Hall–Kier alpha value is -3.00. The van der Waals surface area contributed by atoms with Crippen LogP contribution in [0.1, 0.15) is 17.2 Å². The van der Waals surface area contributed by atoms with Crippen molar-refractivity contribution < 1.29 is 59.1 Å². The summed E-state index contributed by atoms with van der Waals surface area (Å²) in [4.78, 5) is 0. The lowest BCUT2D eigenvalue weighted by atomic mass is 9.93. The average molecular weight is 510 g/mol. The minimum absolute atomic E-state index is 0.0121. The molecule has 0 amide bonds. The van der Waals surface area contributed by atoms with Crippen molar-refractivity contribution in [1.82, 2.24) is 0 Å². The van der Waals surface area contributed by atoms with Crippen LogP contribution >= 0.6 is 0 Å². The Morgan fingerprint density at radius 2 is 1.50 bits per heavy atom. The molecule has 0 unspecified atom stereocenters. The van der Waals surface area contributed by atoms with Crippen molar-refractivity contribution in [3.05, 3.63) is 35.4 Å². The van der Waals surface area contributed by atoms with Gasteiger partial charge in [-0.25, -0.2) is 0 Å². The first kappa shape index (κ1) is 26.1. The molecule has 0 spiro atoms. The summed E-state index contributed by atoms with van der Waals surface area (Å²) >= 11 is 0. The number of aromatic hydroxyl groups is 1. The van der Waals surface area contributed by atoms with Crippen LogP contribution in [0.3, 0.4) is 0 Å². The predicted molar refractivity (Wildman–Crippen MR) is 122 cm³/mol. The molecule has 36 heavy (non-hydrogen) atoms. The molecule has 4 rings (SSSR count). The van der Waals surface area contributed by atoms with Crippen LogP contribution in [0.5, 0.6) is 34.5 Å². The van der Waals surface area contributed by atoms with E-state index in [1.165, 1.54) is 33.5 Å². The van der Waals surface area contributed by atoms with E-state index in [0.717, 1.165) is 0 Å². The minimum Gasteiger partial charge on any atom is -0.508 e. The van der Waals surface area contributed by atoms with Gasteiger partial charge in [0.05, 0.1) is 34.0 Å². The zero-order valence-electron chi connectivity index (χ0n) is 19.9. The zero-order valence-corrected chi connectivity index (χ0v) is 19.9. The first-order chi connectivity index (χ1) is 17.2. The van der Waals surface area contributed by atoms with E-state index in [1.807, 2.05) is 0 Å². The number of rotatable bonds is 7. The number of ether oxygens (including phenoxy) is 6. The molecule has 0 aliphatic carbocycles. The molecule has 198 valence electrons. The van der Waals surface area contributed by atoms with E-state index < -0.39 is 49.5 Å². The summed E-state index contributed by atoms with van der Waals surface area (Å²) in [5.74, 6) is 0.965. The van der Waals surface area contributed by atoms with Gasteiger partial charge in [-0.15, -0.1) is 0 Å². The molecule has 2 aromatic carbocycles. The van der Waals surface area contributed by atoms with Crippen molar-refractivity contribution in [2.75, 3.05) is 27.9 Å². The van der Waals surface area contributed by atoms with Gasteiger partial charge in [-0.05, 0) is 12.1 Å². The monoisotopic (exact) mass is 510 g/mol. The molecule has 12 heteroatoms. The summed E-state index contributed by atoms with van der Waals surface area (Å²) in [5.41, 5.74) is 1.07. The summed E-state index contributed by atoms with van der Waals surface area (Å²) in [7, 11) is 4.20. The SMILES string of the molecule is COc1cc(O)cc2c1C[C@H](O)[C@@H](c1cc(OC)c(O[C@H]3O[C@H](CO)[C@H](O)[C@@H](O)[C@H]3O)c(OC)c1)O2. The number of hydrogen-bond acceptors (Lipinski definition) is 12. The molecular formula is C24H30O12. The number of hydrogen-bond donors (Lipinski definition) is 6. The first-order valence-electron chi connectivity index (χ1n) is 11.2. The molecule has 12 nitrogen and oxygen atoms in total. The van der Waals surface area contributed by atoms with Gasteiger partial charge in [0.15, 0.2) is 17.6 Å². The van der Waals surface area contributed by atoms with Gasteiger partial charge in [0.2, 0.25) is 12.0 Å². The number of phenols is 1. The number of benzene rings is 2. The second kappa shape index (κ2) is 10.5. The normalized spacial score (nSPS) is 29.6. The third-order valence-electron chi connectivity index (χ3n) is 6.28. The van der Waals surface area contributed by atoms with E-state index in [4.69, 9.17) is 28.4 Å². The van der Waals surface area contributed by atoms with Crippen molar-refractivity contribution in [2.45, 2.75) is 49.3 Å². The van der Waals surface area contributed by atoms with Crippen LogP contribution < -0.4 is 23.7 Å². The van der Waals surface area contributed by atoms with Gasteiger partial charge >= 0.3 is 0 Å². The smallest absolute Gasteiger partial charge is 0.229 e. The molecular weight excluding hydrogens is 480 g/mol. The van der Waals surface area contributed by atoms with E-state index >= 15 is 0 Å². The minimum atomic E-state index is -1.64. The molecule has 2 aliphatic rings. The molecule has 1 saturated heterocycles. The van der Waals surface area contributed by atoms with Crippen LogP contribution in [0.15, 0.2) is 24.3 Å². The Labute approximate surface area is 206 Å². The van der Waals surface area contributed by atoms with E-state index in [-0.39, 0.29) is 29.4 Å². The Kier molecular flexibility index (Phi) is 7.64. The van der Waals surface area contributed by atoms with Crippen LogP contribution in [0.2, 0.25) is 0 Å². The van der Waals surface area contributed by atoms with Crippen molar-refractivity contribution in [2.24, 2.45) is 0 Å². The van der Waals surface area contributed by atoms with E-state index in [1.54, 1.807) is 12.1 Å². The molecule has 0 bridgehead atoms. The van der Waals surface area contributed by atoms with E-state index in [2.05, 4.69) is 0 Å². The lowest BCUT2D eigenvalue weighted by molar-refractivity contribution is -0.277. The Morgan fingerprint density at radius 3 is 2.08 bits per heavy atom. The highest BCUT2D eigenvalue weighted by Gasteiger charge is 2.45. The van der Waals surface area contributed by atoms with E-state index in [9.17, 15) is 30.6 Å². The van der Waals surface area contributed by atoms with Crippen molar-refractivity contribution in [3.63, 3.8) is 0 Å². The zero-order chi connectivity index (χ0) is 26.1. The van der Waals surface area contributed by atoms with Crippen molar-refractivity contribution in [1.29, 1.82) is 0 Å². The van der Waals surface area contributed by atoms with Crippen molar-refractivity contribution in [3.8, 4) is 34.5 Å². The summed E-state index contributed by atoms with van der Waals surface area (Å²) in [6.45, 7) is -0.614. The van der Waals surface area contributed by atoms with Gasteiger partial charge in [0.25, 0.3) is 0 Å². The number of methoxy groups -OCH3 is 3. The maximum absolute atomic E-state index is 10.9. The lowest BCUT2D eigenvalue weighted by Gasteiger charge is -2.39. The Balaban J connectivity index is 1.66. The maximum atomic E-state index is 10.9. The highest BCUT2D eigenvalue weighted by Crippen LogP contribution is 2.46. The van der Waals surface area contributed by atoms with Gasteiger partial charge in [-0.3, -0.25) is 0 Å². The second-order valence-electron chi connectivity index (χ2n) is 8.50. The average Bonchev–Trinajstić information content (AvgIpc) is 2.88. The summed E-state index contributed by atoms with van der Waals surface area (Å²) < 4.78 is 33.4. The van der Waals surface area contributed by atoms with Crippen LogP contribution in [-0.2, 0) is 11.2 Å². The summed E-state index contributed by atoms with van der Waals surface area (Å²) in [6.07, 6.45) is -9.09. The molecule has 2 aromatic rings. The van der Waals surface area contributed by atoms with E-state index in [0.29, 0.717) is 22.6 Å². The third kappa shape index (κ3) is 4.71. The van der Waals surface area contributed by atoms with Crippen LogP contribution in [0.4, 0.5) is 0 Å². The molecule has 0 aromatic heterocycles. The maximum Gasteiger partial charge on any atom is 0.229 e. The first-order valence-corrected chi connectivity index (χ1v) is 11.2. The fourth-order valence-electron chi connectivity index (χ4n) is 4.38. The van der Waals surface area contributed by atoms with Crippen molar-refractivity contribution >= 4 is 0 Å². The number of fused-ring (bicyclic) bond motifs is 1. The van der Waals surface area contributed by atoms with Gasteiger partial charge in [0, 0.05) is 29.7 Å². The predicted octanol–water partition coefficient (Wildman–Crippen LogP) is -0.366.